The van der Waals surface area contributed by atoms with Gasteiger partial charge in [-0.25, -0.2) is 0 Å². The van der Waals surface area contributed by atoms with Crippen LogP contribution in [0.5, 0.6) is 11.5 Å². The largest absolute Gasteiger partial charge is 0.480 e. The fourth-order valence-corrected chi connectivity index (χ4v) is 3.28. The Bertz CT molecular complexity index is 793. The molecule has 0 fully saturated rings. The van der Waals surface area contributed by atoms with Gasteiger partial charge >= 0.3 is 12.1 Å². The Labute approximate surface area is 155 Å². The molecule has 1 atom stereocenters. The molecule has 2 aromatic carbocycles. The summed E-state index contributed by atoms with van der Waals surface area (Å²) in [7, 11) is 0. The summed E-state index contributed by atoms with van der Waals surface area (Å²) in [6.07, 6.45) is -4.43. The average molecular weight is 435 g/mol. The van der Waals surface area contributed by atoms with Crippen LogP contribution in [0, 0.1) is 6.92 Å². The number of carbonyl (C=O) groups is 1. The number of aliphatic carboxylic acids is 1. The summed E-state index contributed by atoms with van der Waals surface area (Å²) < 4.78 is 43.9. The number of thioether (sulfide) groups is 1. The van der Waals surface area contributed by atoms with Crippen molar-refractivity contribution in [3.05, 3.63) is 52.0 Å². The molecular weight excluding hydrogens is 421 g/mol. The van der Waals surface area contributed by atoms with Crippen molar-refractivity contribution in [1.29, 1.82) is 0 Å². The van der Waals surface area contributed by atoms with Gasteiger partial charge in [-0.3, -0.25) is 4.79 Å². The molecule has 0 saturated heterocycles. The van der Waals surface area contributed by atoms with Crippen LogP contribution in [0.3, 0.4) is 0 Å². The van der Waals surface area contributed by atoms with Crippen molar-refractivity contribution in [2.45, 2.75) is 30.2 Å². The molecule has 0 aliphatic heterocycles. The van der Waals surface area contributed by atoms with E-state index in [9.17, 15) is 18.0 Å². The van der Waals surface area contributed by atoms with Gasteiger partial charge in [0.25, 0.3) is 0 Å². The predicted octanol–water partition coefficient (Wildman–Crippen LogP) is 6.13. The van der Waals surface area contributed by atoms with Crippen LogP contribution >= 0.6 is 27.7 Å². The Morgan fingerprint density at radius 3 is 2.48 bits per heavy atom. The second-order valence-corrected chi connectivity index (χ2v) is 7.51. The minimum absolute atomic E-state index is 0.177. The smallest absolute Gasteiger partial charge is 0.416 e. The van der Waals surface area contributed by atoms with E-state index in [0.29, 0.717) is 5.75 Å². The summed E-state index contributed by atoms with van der Waals surface area (Å²) in [6, 6.07) is 8.24. The Hall–Kier alpha value is -1.67. The Kier molecular flexibility index (Phi) is 6.05. The number of alkyl halides is 3. The van der Waals surface area contributed by atoms with Crippen LogP contribution < -0.4 is 4.74 Å². The highest BCUT2D eigenvalue weighted by atomic mass is 79.9. The number of aryl methyl sites for hydroxylation is 1. The number of benzene rings is 2. The third-order valence-corrected chi connectivity index (χ3v) is 5.17. The Balaban J connectivity index is 2.25. The molecule has 0 aromatic heterocycles. The SMILES string of the molecule is Cc1ccc(Oc2ccc(C(F)(F)F)cc2Br)cc1SC(C)C(=O)O. The first-order valence-electron chi connectivity index (χ1n) is 7.12. The summed E-state index contributed by atoms with van der Waals surface area (Å²) in [4.78, 5) is 11.7. The molecule has 0 aliphatic rings. The Morgan fingerprint density at radius 2 is 1.92 bits per heavy atom. The molecule has 0 spiro atoms. The zero-order valence-corrected chi connectivity index (χ0v) is 15.6. The zero-order valence-electron chi connectivity index (χ0n) is 13.2. The number of carboxylic acid groups (broad SMARTS) is 1. The van der Waals surface area contributed by atoms with Gasteiger partial charge in [0.2, 0.25) is 0 Å². The maximum atomic E-state index is 12.7. The number of halogens is 4. The van der Waals surface area contributed by atoms with Crippen molar-refractivity contribution in [2.75, 3.05) is 0 Å². The number of ether oxygens (including phenoxy) is 1. The van der Waals surface area contributed by atoms with E-state index in [-0.39, 0.29) is 10.2 Å². The van der Waals surface area contributed by atoms with Gasteiger partial charge in [-0.2, -0.15) is 13.2 Å². The lowest BCUT2D eigenvalue weighted by Gasteiger charge is -2.14. The van der Waals surface area contributed by atoms with E-state index >= 15 is 0 Å². The molecule has 3 nitrogen and oxygen atoms in total. The summed E-state index contributed by atoms with van der Waals surface area (Å²) in [6.45, 7) is 3.42. The van der Waals surface area contributed by atoms with Gasteiger partial charge in [-0.15, -0.1) is 11.8 Å². The lowest BCUT2D eigenvalue weighted by molar-refractivity contribution is -0.138. The van der Waals surface area contributed by atoms with Gasteiger partial charge in [0.05, 0.1) is 10.0 Å². The van der Waals surface area contributed by atoms with Gasteiger partial charge in [-0.1, -0.05) is 6.07 Å². The molecule has 0 heterocycles. The van der Waals surface area contributed by atoms with Crippen molar-refractivity contribution in [2.24, 2.45) is 0 Å². The third kappa shape index (κ3) is 5.15. The van der Waals surface area contributed by atoms with Crippen LogP contribution in [-0.2, 0) is 11.0 Å². The average Bonchev–Trinajstić information content (AvgIpc) is 2.51. The zero-order chi connectivity index (χ0) is 18.8. The third-order valence-electron chi connectivity index (χ3n) is 3.30. The number of hydrogen-bond acceptors (Lipinski definition) is 3. The van der Waals surface area contributed by atoms with E-state index in [1.54, 1.807) is 25.1 Å². The molecule has 8 heteroatoms. The fraction of sp³-hybridized carbons (Fsp3) is 0.235. The van der Waals surface area contributed by atoms with E-state index in [1.165, 1.54) is 17.8 Å². The van der Waals surface area contributed by atoms with Crippen LogP contribution in [0.25, 0.3) is 0 Å². The van der Waals surface area contributed by atoms with Crippen LogP contribution in [0.15, 0.2) is 45.8 Å². The second-order valence-electron chi connectivity index (χ2n) is 5.27. The van der Waals surface area contributed by atoms with E-state index < -0.39 is 23.0 Å². The minimum Gasteiger partial charge on any atom is -0.480 e. The summed E-state index contributed by atoms with van der Waals surface area (Å²) in [5.74, 6) is -0.286. The highest BCUT2D eigenvalue weighted by Crippen LogP contribution is 2.38. The first kappa shape index (κ1) is 19.7. The van der Waals surface area contributed by atoms with Crippen LogP contribution in [-0.4, -0.2) is 16.3 Å². The van der Waals surface area contributed by atoms with Crippen molar-refractivity contribution >= 4 is 33.7 Å². The topological polar surface area (TPSA) is 46.5 Å². The normalized spacial score (nSPS) is 12.7. The van der Waals surface area contributed by atoms with E-state index in [2.05, 4.69) is 15.9 Å². The van der Waals surface area contributed by atoms with Crippen molar-refractivity contribution in [1.82, 2.24) is 0 Å². The first-order chi connectivity index (χ1) is 11.6. The first-order valence-corrected chi connectivity index (χ1v) is 8.80. The molecule has 1 unspecified atom stereocenters. The highest BCUT2D eigenvalue weighted by molar-refractivity contribution is 9.10. The van der Waals surface area contributed by atoms with Crippen LogP contribution in [0.1, 0.15) is 18.1 Å². The molecule has 0 bridgehead atoms. The molecule has 0 aliphatic carbocycles. The lowest BCUT2D eigenvalue weighted by Crippen LogP contribution is -2.11. The van der Waals surface area contributed by atoms with Crippen LogP contribution in [0.2, 0.25) is 0 Å². The predicted molar refractivity (Wildman–Crippen MR) is 93.4 cm³/mol. The molecule has 0 radical (unpaired) electrons. The van der Waals surface area contributed by atoms with E-state index in [1.807, 2.05) is 6.92 Å². The standard InChI is InChI=1S/C17H14BrF3O3S/c1-9-3-5-12(8-15(9)25-10(2)16(22)23)24-14-6-4-11(7-13(14)18)17(19,20)21/h3-8,10H,1-2H3,(H,22,23). The second kappa shape index (κ2) is 7.70. The minimum atomic E-state index is -4.43. The molecule has 134 valence electrons. The quantitative estimate of drug-likeness (QED) is 0.574. The Morgan fingerprint density at radius 1 is 1.24 bits per heavy atom. The highest BCUT2D eigenvalue weighted by Gasteiger charge is 2.31. The summed E-state index contributed by atoms with van der Waals surface area (Å²) >= 11 is 4.25. The lowest BCUT2D eigenvalue weighted by atomic mass is 10.2. The maximum Gasteiger partial charge on any atom is 0.416 e. The molecule has 0 amide bonds. The molecule has 25 heavy (non-hydrogen) atoms. The van der Waals surface area contributed by atoms with E-state index in [0.717, 1.165) is 22.6 Å². The van der Waals surface area contributed by atoms with Gasteiger partial charge in [0, 0.05) is 4.90 Å². The van der Waals surface area contributed by atoms with Crippen molar-refractivity contribution in [3.63, 3.8) is 0 Å². The van der Waals surface area contributed by atoms with E-state index in [4.69, 9.17) is 9.84 Å². The fourth-order valence-electron chi connectivity index (χ4n) is 1.90. The molecule has 0 saturated carbocycles. The van der Waals surface area contributed by atoms with Crippen molar-refractivity contribution < 1.29 is 27.8 Å². The number of hydrogen-bond donors (Lipinski definition) is 1. The van der Waals surface area contributed by atoms with Gasteiger partial charge in [0.1, 0.15) is 16.7 Å². The number of carboxylic acids is 1. The van der Waals surface area contributed by atoms with Gasteiger partial charge in [-0.05, 0) is 65.7 Å². The molecule has 1 N–H and O–H groups in total. The number of rotatable bonds is 5. The van der Waals surface area contributed by atoms with Gasteiger partial charge < -0.3 is 9.84 Å². The molecular formula is C17H14BrF3O3S. The molecule has 2 aromatic rings. The maximum absolute atomic E-state index is 12.7. The van der Waals surface area contributed by atoms with Crippen LogP contribution in [0.4, 0.5) is 13.2 Å². The summed E-state index contributed by atoms with van der Waals surface area (Å²) in [5.41, 5.74) is 0.110. The molecule has 2 rings (SSSR count). The van der Waals surface area contributed by atoms with Gasteiger partial charge in [0.15, 0.2) is 0 Å². The monoisotopic (exact) mass is 434 g/mol. The van der Waals surface area contributed by atoms with Crippen molar-refractivity contribution in [3.8, 4) is 11.5 Å². The summed E-state index contributed by atoms with van der Waals surface area (Å²) in [5, 5.41) is 8.38.